The van der Waals surface area contributed by atoms with Gasteiger partial charge in [0.1, 0.15) is 5.82 Å². The predicted octanol–water partition coefficient (Wildman–Crippen LogP) is 3.91. The number of allylic oxidation sites excluding steroid dienone is 2. The number of carbonyl (C=O) groups is 1. The molecule has 4 rings (SSSR count). The monoisotopic (exact) mass is 387 g/mol. The number of aromatic nitrogens is 1. The number of hydrazine groups is 1. The molecule has 0 atom stereocenters. The van der Waals surface area contributed by atoms with Gasteiger partial charge in [0.05, 0.1) is 5.70 Å². The van der Waals surface area contributed by atoms with Crippen LogP contribution >= 0.6 is 0 Å². The van der Waals surface area contributed by atoms with Gasteiger partial charge in [-0.2, -0.15) is 0 Å². The van der Waals surface area contributed by atoms with Crippen molar-refractivity contribution in [3.63, 3.8) is 0 Å². The van der Waals surface area contributed by atoms with E-state index in [1.165, 1.54) is 0 Å². The minimum Gasteiger partial charge on any atom is -0.348 e. The molecule has 3 aromatic rings. The third-order valence-electron chi connectivity index (χ3n) is 4.41. The number of carbonyl (C=O) groups excluding carboxylic acids is 1. The largest absolute Gasteiger partial charge is 0.348 e. The molecule has 4 N–H and O–H groups in total. The van der Waals surface area contributed by atoms with Crippen molar-refractivity contribution >= 4 is 17.3 Å². The van der Waals surface area contributed by atoms with Crippen LogP contribution in [0.15, 0.2) is 97.1 Å². The molecule has 1 aromatic heterocycles. The van der Waals surface area contributed by atoms with Crippen LogP contribution in [0.4, 0.5) is 5.69 Å². The van der Waals surface area contributed by atoms with Crippen LogP contribution in [-0.4, -0.2) is 10.9 Å². The van der Waals surface area contributed by atoms with E-state index in [1.54, 1.807) is 18.5 Å². The summed E-state index contributed by atoms with van der Waals surface area (Å²) >= 11 is 0. The van der Waals surface area contributed by atoms with Crippen LogP contribution < -0.4 is 21.5 Å². The third-order valence-corrected chi connectivity index (χ3v) is 4.41. The molecular formula is C23H25N5O. The number of hydrogen-bond donors (Lipinski definition) is 4. The van der Waals surface area contributed by atoms with Crippen molar-refractivity contribution in [1.29, 1.82) is 0 Å². The van der Waals surface area contributed by atoms with Gasteiger partial charge in [-0.1, -0.05) is 42.5 Å². The summed E-state index contributed by atoms with van der Waals surface area (Å²) in [6, 6.07) is 21.2. The van der Waals surface area contributed by atoms with E-state index < -0.39 is 0 Å². The first kappa shape index (κ1) is 18.3. The van der Waals surface area contributed by atoms with Crippen LogP contribution in [0.2, 0.25) is 0 Å². The summed E-state index contributed by atoms with van der Waals surface area (Å²) in [5.74, 6) is 0.657. The molecule has 0 bridgehead atoms. The predicted molar refractivity (Wildman–Crippen MR) is 118 cm³/mol. The lowest BCUT2D eigenvalue weighted by Crippen LogP contribution is -2.35. The Morgan fingerprint density at radius 1 is 0.966 bits per heavy atom. The van der Waals surface area contributed by atoms with E-state index in [0.29, 0.717) is 12.1 Å². The van der Waals surface area contributed by atoms with Crippen molar-refractivity contribution < 1.29 is 7.65 Å². The summed E-state index contributed by atoms with van der Waals surface area (Å²) in [5.41, 5.74) is 10.8. The van der Waals surface area contributed by atoms with Crippen molar-refractivity contribution in [3.05, 3.63) is 114 Å². The van der Waals surface area contributed by atoms with E-state index in [4.69, 9.17) is 0 Å². The number of nitrogens with one attached hydrogen (secondary N) is 4. The van der Waals surface area contributed by atoms with Crippen LogP contribution in [0, 0.1) is 0 Å². The molecule has 0 spiro atoms. The zero-order chi connectivity index (χ0) is 19.9. The Morgan fingerprint density at radius 2 is 1.86 bits per heavy atom. The second-order valence-corrected chi connectivity index (χ2v) is 6.53. The maximum absolute atomic E-state index is 12.5. The van der Waals surface area contributed by atoms with Crippen molar-refractivity contribution in [1.82, 2.24) is 21.2 Å². The van der Waals surface area contributed by atoms with Gasteiger partial charge in [-0.05, 0) is 47.5 Å². The molecule has 1 aliphatic heterocycles. The highest BCUT2D eigenvalue weighted by atomic mass is 16.1. The standard InChI is InChI=1S/C23H21N5O.2H2/c29-23(25-16-17-6-5-13-24-15-17)19-9-4-10-20(14-19)26-22-12-11-21(27-28-22)18-7-2-1-3-8-18;;/h1-15,26-28H,16H2,(H,25,29);2*1H. The van der Waals surface area contributed by atoms with E-state index in [1.807, 2.05) is 72.8 Å². The SMILES string of the molecule is O=C(NCc1cccnc1)c1cccc(NC2=CC=C(c3ccccc3)NN2)c1.[HH].[HH]. The molecule has 0 radical (unpaired) electrons. The number of pyridine rings is 1. The fourth-order valence-electron chi connectivity index (χ4n) is 2.92. The first-order valence-corrected chi connectivity index (χ1v) is 9.31. The van der Waals surface area contributed by atoms with Crippen LogP contribution in [0.25, 0.3) is 5.70 Å². The van der Waals surface area contributed by atoms with E-state index in [-0.39, 0.29) is 8.76 Å². The second-order valence-electron chi connectivity index (χ2n) is 6.53. The Balaban J connectivity index is 0.00000171. The van der Waals surface area contributed by atoms with Gasteiger partial charge in [-0.15, -0.1) is 0 Å². The van der Waals surface area contributed by atoms with Gasteiger partial charge in [0.15, 0.2) is 0 Å². The quantitative estimate of drug-likeness (QED) is 0.516. The first-order valence-electron chi connectivity index (χ1n) is 9.31. The molecule has 0 saturated carbocycles. The van der Waals surface area contributed by atoms with E-state index in [2.05, 4.69) is 26.5 Å². The summed E-state index contributed by atoms with van der Waals surface area (Å²) in [4.78, 5) is 16.5. The van der Waals surface area contributed by atoms with Gasteiger partial charge in [-0.3, -0.25) is 20.6 Å². The maximum Gasteiger partial charge on any atom is 0.251 e. The van der Waals surface area contributed by atoms with Crippen molar-refractivity contribution in [3.8, 4) is 0 Å². The van der Waals surface area contributed by atoms with Gasteiger partial charge in [0.2, 0.25) is 0 Å². The molecule has 2 aromatic carbocycles. The number of amides is 1. The lowest BCUT2D eigenvalue weighted by Gasteiger charge is -2.21. The molecule has 148 valence electrons. The average Bonchev–Trinajstić information content (AvgIpc) is 2.79. The molecule has 6 nitrogen and oxygen atoms in total. The summed E-state index contributed by atoms with van der Waals surface area (Å²) in [6.07, 6.45) is 7.40. The number of rotatable bonds is 6. The van der Waals surface area contributed by atoms with Crippen molar-refractivity contribution in [2.45, 2.75) is 6.54 Å². The van der Waals surface area contributed by atoms with Gasteiger partial charge in [0, 0.05) is 33.0 Å². The number of nitrogens with zero attached hydrogens (tertiary/aromatic N) is 1. The fourth-order valence-corrected chi connectivity index (χ4v) is 2.92. The molecule has 0 fully saturated rings. The summed E-state index contributed by atoms with van der Waals surface area (Å²) in [5, 5.41) is 6.19. The highest BCUT2D eigenvalue weighted by Crippen LogP contribution is 2.16. The lowest BCUT2D eigenvalue weighted by molar-refractivity contribution is 0.0951. The molecule has 29 heavy (non-hydrogen) atoms. The Kier molecular flexibility index (Phi) is 5.53. The second kappa shape index (κ2) is 8.75. The minimum atomic E-state index is -0.132. The molecule has 0 saturated heterocycles. The van der Waals surface area contributed by atoms with Crippen LogP contribution in [0.1, 0.15) is 24.3 Å². The van der Waals surface area contributed by atoms with Crippen LogP contribution in [-0.2, 0) is 6.54 Å². The fraction of sp³-hybridized carbons (Fsp3) is 0.0435. The molecule has 1 aliphatic rings. The number of hydrogen-bond acceptors (Lipinski definition) is 5. The molecule has 0 aliphatic carbocycles. The minimum absolute atomic E-state index is 0. The van der Waals surface area contributed by atoms with Crippen molar-refractivity contribution in [2.24, 2.45) is 0 Å². The highest BCUT2D eigenvalue weighted by Gasteiger charge is 2.09. The Bertz CT molecular complexity index is 1060. The van der Waals surface area contributed by atoms with Gasteiger partial charge in [-0.25, -0.2) is 0 Å². The summed E-state index contributed by atoms with van der Waals surface area (Å²) in [6.45, 7) is 0.439. The Labute approximate surface area is 172 Å². The number of anilines is 1. The Hall–Kier alpha value is -4.06. The molecule has 6 heteroatoms. The maximum atomic E-state index is 12.5. The van der Waals surface area contributed by atoms with Gasteiger partial charge in [0.25, 0.3) is 5.91 Å². The van der Waals surface area contributed by atoms with Crippen LogP contribution in [0.3, 0.4) is 0 Å². The molecule has 1 amide bonds. The van der Waals surface area contributed by atoms with E-state index in [9.17, 15) is 4.79 Å². The normalized spacial score (nSPS) is 12.7. The Morgan fingerprint density at radius 3 is 2.62 bits per heavy atom. The average molecular weight is 387 g/mol. The number of benzene rings is 2. The lowest BCUT2D eigenvalue weighted by atomic mass is 10.1. The molecule has 2 heterocycles. The third kappa shape index (κ3) is 4.81. The topological polar surface area (TPSA) is 78.1 Å². The first-order chi connectivity index (χ1) is 14.3. The van der Waals surface area contributed by atoms with Crippen LogP contribution in [0.5, 0.6) is 0 Å². The van der Waals surface area contributed by atoms with Gasteiger partial charge < -0.3 is 10.6 Å². The molecular weight excluding hydrogens is 362 g/mol. The van der Waals surface area contributed by atoms with E-state index >= 15 is 0 Å². The zero-order valence-electron chi connectivity index (χ0n) is 15.7. The molecule has 0 unspecified atom stereocenters. The van der Waals surface area contributed by atoms with E-state index in [0.717, 1.165) is 28.3 Å². The van der Waals surface area contributed by atoms with Crippen molar-refractivity contribution in [2.75, 3.05) is 5.32 Å². The summed E-state index contributed by atoms with van der Waals surface area (Å²) < 4.78 is 0. The summed E-state index contributed by atoms with van der Waals surface area (Å²) in [7, 11) is 0. The van der Waals surface area contributed by atoms with Gasteiger partial charge >= 0.3 is 0 Å². The highest BCUT2D eigenvalue weighted by molar-refractivity contribution is 5.95. The zero-order valence-corrected chi connectivity index (χ0v) is 15.7. The smallest absolute Gasteiger partial charge is 0.251 e.